The van der Waals surface area contributed by atoms with E-state index in [4.69, 9.17) is 0 Å². The summed E-state index contributed by atoms with van der Waals surface area (Å²) in [5, 5.41) is 3.20. The largest absolute Gasteiger partial charge is 0.316 e. The molecule has 11 heavy (non-hydrogen) atoms. The lowest BCUT2D eigenvalue weighted by Gasteiger charge is -2.26. The quantitative estimate of drug-likeness (QED) is 0.665. The first-order valence-electron chi connectivity index (χ1n) is 4.40. The summed E-state index contributed by atoms with van der Waals surface area (Å²) in [6.45, 7) is 2.19. The molecule has 0 aromatic rings. The van der Waals surface area contributed by atoms with E-state index < -0.39 is 10.8 Å². The molecule has 2 fully saturated rings. The van der Waals surface area contributed by atoms with E-state index in [0.717, 1.165) is 36.4 Å². The van der Waals surface area contributed by atoms with Gasteiger partial charge in [0, 0.05) is 35.4 Å². The second kappa shape index (κ2) is 3.23. The van der Waals surface area contributed by atoms with Crippen molar-refractivity contribution in [1.29, 1.82) is 0 Å². The maximum absolute atomic E-state index is 11.4. The monoisotopic (exact) mass is 173 g/mol. The van der Waals surface area contributed by atoms with Gasteiger partial charge in [-0.2, -0.15) is 0 Å². The minimum atomic E-state index is -0.506. The summed E-state index contributed by atoms with van der Waals surface area (Å²) < 4.78 is 11.4. The van der Waals surface area contributed by atoms with Crippen LogP contribution in [0.25, 0.3) is 0 Å². The fourth-order valence-corrected chi connectivity index (χ4v) is 3.10. The van der Waals surface area contributed by atoms with Crippen LogP contribution < -0.4 is 5.32 Å². The molecule has 64 valence electrons. The molecular weight excluding hydrogens is 158 g/mol. The van der Waals surface area contributed by atoms with Crippen molar-refractivity contribution in [3.8, 4) is 0 Å². The molecule has 0 spiro atoms. The van der Waals surface area contributed by atoms with Gasteiger partial charge < -0.3 is 5.32 Å². The lowest BCUT2D eigenvalue weighted by molar-refractivity contribution is 0.382. The summed E-state index contributed by atoms with van der Waals surface area (Å²) in [6, 6.07) is 0. The SMILES string of the molecule is O=S(CC1CC1)CC1CNC1. The molecule has 0 aromatic heterocycles. The maximum Gasteiger partial charge on any atom is 0.0287 e. The molecule has 1 aliphatic heterocycles. The van der Waals surface area contributed by atoms with Crippen LogP contribution in [-0.4, -0.2) is 28.8 Å². The summed E-state index contributed by atoms with van der Waals surface area (Å²) in [5.74, 6) is 3.47. The topological polar surface area (TPSA) is 29.1 Å². The van der Waals surface area contributed by atoms with E-state index in [2.05, 4.69) is 5.32 Å². The Bertz CT molecular complexity index is 163. The Balaban J connectivity index is 1.63. The normalized spacial score (nSPS) is 28.0. The first kappa shape index (κ1) is 7.74. The number of hydrogen-bond donors (Lipinski definition) is 1. The summed E-state index contributed by atoms with van der Waals surface area (Å²) in [4.78, 5) is 0. The van der Waals surface area contributed by atoms with Crippen molar-refractivity contribution in [2.24, 2.45) is 11.8 Å². The average Bonchev–Trinajstić information content (AvgIpc) is 2.62. The van der Waals surface area contributed by atoms with Gasteiger partial charge in [0.1, 0.15) is 0 Å². The Kier molecular flexibility index (Phi) is 2.28. The standard InChI is InChI=1S/C8H15NOS/c10-11(5-7-1-2-7)6-8-3-9-4-8/h7-9H,1-6H2. The molecule has 1 atom stereocenters. The molecule has 2 aliphatic rings. The van der Waals surface area contributed by atoms with Gasteiger partial charge >= 0.3 is 0 Å². The van der Waals surface area contributed by atoms with Gasteiger partial charge in [-0.25, -0.2) is 0 Å². The predicted molar refractivity (Wildman–Crippen MR) is 47.0 cm³/mol. The molecule has 2 nitrogen and oxygen atoms in total. The van der Waals surface area contributed by atoms with Crippen LogP contribution in [0.2, 0.25) is 0 Å². The van der Waals surface area contributed by atoms with Crippen LogP contribution in [0.4, 0.5) is 0 Å². The van der Waals surface area contributed by atoms with Gasteiger partial charge in [0.15, 0.2) is 0 Å². The molecule has 1 aliphatic carbocycles. The van der Waals surface area contributed by atoms with E-state index in [1.54, 1.807) is 0 Å². The Hall–Kier alpha value is 0.110. The summed E-state index contributed by atoms with van der Waals surface area (Å²) >= 11 is 0. The molecule has 1 heterocycles. The van der Waals surface area contributed by atoms with Gasteiger partial charge in [-0.05, 0) is 24.7 Å². The maximum atomic E-state index is 11.4. The molecule has 3 heteroatoms. The Morgan fingerprint density at radius 2 is 1.82 bits per heavy atom. The van der Waals surface area contributed by atoms with Crippen molar-refractivity contribution in [1.82, 2.24) is 5.32 Å². The minimum Gasteiger partial charge on any atom is -0.316 e. The fourth-order valence-electron chi connectivity index (χ4n) is 1.34. The molecule has 1 N–H and O–H groups in total. The molecule has 0 aromatic carbocycles. The van der Waals surface area contributed by atoms with E-state index in [9.17, 15) is 4.21 Å². The molecule has 0 radical (unpaired) electrons. The Labute approximate surface area is 70.2 Å². The zero-order chi connectivity index (χ0) is 7.68. The number of nitrogens with one attached hydrogen (secondary N) is 1. The molecular formula is C8H15NOS. The zero-order valence-corrected chi connectivity index (χ0v) is 7.53. The van der Waals surface area contributed by atoms with Crippen LogP contribution >= 0.6 is 0 Å². The van der Waals surface area contributed by atoms with Crippen molar-refractivity contribution in [3.05, 3.63) is 0 Å². The number of rotatable bonds is 4. The average molecular weight is 173 g/mol. The van der Waals surface area contributed by atoms with Crippen molar-refractivity contribution in [2.45, 2.75) is 12.8 Å². The molecule has 1 unspecified atom stereocenters. The summed E-state index contributed by atoms with van der Waals surface area (Å²) in [5.41, 5.74) is 0. The Morgan fingerprint density at radius 3 is 2.27 bits per heavy atom. The lowest BCUT2D eigenvalue weighted by Crippen LogP contribution is -2.45. The van der Waals surface area contributed by atoms with E-state index in [-0.39, 0.29) is 0 Å². The van der Waals surface area contributed by atoms with Gasteiger partial charge in [-0.15, -0.1) is 0 Å². The highest BCUT2D eigenvalue weighted by atomic mass is 32.2. The highest BCUT2D eigenvalue weighted by molar-refractivity contribution is 7.85. The van der Waals surface area contributed by atoms with E-state index in [1.165, 1.54) is 12.8 Å². The van der Waals surface area contributed by atoms with Gasteiger partial charge in [0.05, 0.1) is 0 Å². The summed E-state index contributed by atoms with van der Waals surface area (Å²) in [7, 11) is -0.506. The minimum absolute atomic E-state index is 0.506. The Morgan fingerprint density at radius 1 is 1.18 bits per heavy atom. The van der Waals surface area contributed by atoms with Crippen LogP contribution in [0.5, 0.6) is 0 Å². The van der Waals surface area contributed by atoms with Crippen LogP contribution in [0.1, 0.15) is 12.8 Å². The summed E-state index contributed by atoms with van der Waals surface area (Å²) in [6.07, 6.45) is 2.66. The molecule has 1 saturated carbocycles. The van der Waals surface area contributed by atoms with Gasteiger partial charge in [0.2, 0.25) is 0 Å². The molecule has 1 saturated heterocycles. The predicted octanol–water partition coefficient (Wildman–Crippen LogP) is 0.365. The van der Waals surface area contributed by atoms with Crippen LogP contribution in [-0.2, 0) is 10.8 Å². The van der Waals surface area contributed by atoms with Gasteiger partial charge in [-0.3, -0.25) is 4.21 Å². The molecule has 2 rings (SSSR count). The second-order valence-corrected chi connectivity index (χ2v) is 5.29. The van der Waals surface area contributed by atoms with Crippen molar-refractivity contribution < 1.29 is 4.21 Å². The fraction of sp³-hybridized carbons (Fsp3) is 1.00. The van der Waals surface area contributed by atoms with Crippen LogP contribution in [0.15, 0.2) is 0 Å². The van der Waals surface area contributed by atoms with E-state index in [1.807, 2.05) is 0 Å². The second-order valence-electron chi connectivity index (χ2n) is 3.74. The van der Waals surface area contributed by atoms with Gasteiger partial charge in [0.25, 0.3) is 0 Å². The van der Waals surface area contributed by atoms with Crippen LogP contribution in [0.3, 0.4) is 0 Å². The van der Waals surface area contributed by atoms with Crippen LogP contribution in [0, 0.1) is 11.8 Å². The first-order chi connectivity index (χ1) is 5.34. The third kappa shape index (κ3) is 2.27. The number of hydrogen-bond acceptors (Lipinski definition) is 2. The molecule has 0 bridgehead atoms. The van der Waals surface area contributed by atoms with E-state index in [0.29, 0.717) is 0 Å². The van der Waals surface area contributed by atoms with Crippen molar-refractivity contribution in [3.63, 3.8) is 0 Å². The third-order valence-corrected chi connectivity index (χ3v) is 4.09. The lowest BCUT2D eigenvalue weighted by atomic mass is 10.1. The first-order valence-corrected chi connectivity index (χ1v) is 5.89. The van der Waals surface area contributed by atoms with E-state index >= 15 is 0 Å². The van der Waals surface area contributed by atoms with Crippen molar-refractivity contribution >= 4 is 10.8 Å². The third-order valence-electron chi connectivity index (χ3n) is 2.41. The zero-order valence-electron chi connectivity index (χ0n) is 6.71. The van der Waals surface area contributed by atoms with Crippen molar-refractivity contribution in [2.75, 3.05) is 24.6 Å². The molecule has 0 amide bonds. The highest BCUT2D eigenvalue weighted by Crippen LogP contribution is 2.29. The highest BCUT2D eigenvalue weighted by Gasteiger charge is 2.26. The smallest absolute Gasteiger partial charge is 0.0287 e. The van der Waals surface area contributed by atoms with Gasteiger partial charge in [-0.1, -0.05) is 0 Å².